The first-order valence-corrected chi connectivity index (χ1v) is 6.20. The minimum atomic E-state index is 0.469. The second-order valence-electron chi connectivity index (χ2n) is 4.42. The molecule has 1 heterocycles. The van der Waals surface area contributed by atoms with Crippen molar-refractivity contribution in [2.45, 2.75) is 20.3 Å². The average Bonchev–Trinajstić information content (AvgIpc) is 2.30. The number of nitrogens with two attached hydrogens (primary N) is 1. The maximum Gasteiger partial charge on any atom is 0.242 e. The van der Waals surface area contributed by atoms with E-state index in [9.17, 15) is 0 Å². The summed E-state index contributed by atoms with van der Waals surface area (Å²) in [5, 5.41) is 3.20. The van der Waals surface area contributed by atoms with Gasteiger partial charge in [-0.25, -0.2) is 4.98 Å². The van der Waals surface area contributed by atoms with Gasteiger partial charge in [-0.3, -0.25) is 0 Å². The van der Waals surface area contributed by atoms with E-state index < -0.39 is 0 Å². The topological polar surface area (TPSA) is 76.3 Å². The highest BCUT2D eigenvalue weighted by Gasteiger charge is 2.10. The number of ether oxygens (including phenoxy) is 1. The van der Waals surface area contributed by atoms with Crippen molar-refractivity contribution < 1.29 is 4.74 Å². The van der Waals surface area contributed by atoms with Crippen LogP contribution in [0.25, 0.3) is 0 Å². The van der Waals surface area contributed by atoms with Crippen LogP contribution in [-0.2, 0) is 0 Å². The Kier molecular flexibility index (Phi) is 5.64. The highest BCUT2D eigenvalue weighted by Crippen LogP contribution is 2.25. The van der Waals surface area contributed by atoms with Crippen molar-refractivity contribution in [2.75, 3.05) is 44.8 Å². The van der Waals surface area contributed by atoms with Crippen molar-refractivity contribution >= 4 is 11.5 Å². The molecule has 0 spiro atoms. The number of aromatic nitrogens is 2. The fourth-order valence-corrected chi connectivity index (χ4v) is 1.40. The van der Waals surface area contributed by atoms with Crippen molar-refractivity contribution in [2.24, 2.45) is 0 Å². The fraction of sp³-hybridized carbons (Fsp3) is 0.667. The number of nitrogen functional groups attached to an aromatic ring is 1. The molecule has 18 heavy (non-hydrogen) atoms. The number of anilines is 2. The number of nitrogens with one attached hydrogen (secondary N) is 1. The molecule has 102 valence electrons. The molecular formula is C12H23N5O. The summed E-state index contributed by atoms with van der Waals surface area (Å²) in [6.45, 7) is 6.17. The normalized spacial score (nSPS) is 10.7. The van der Waals surface area contributed by atoms with E-state index in [2.05, 4.69) is 20.2 Å². The zero-order chi connectivity index (χ0) is 13.5. The summed E-state index contributed by atoms with van der Waals surface area (Å²) in [7, 11) is 4.04. The first-order valence-electron chi connectivity index (χ1n) is 6.20. The Morgan fingerprint density at radius 1 is 1.33 bits per heavy atom. The Hall–Kier alpha value is -1.56. The molecule has 3 N–H and O–H groups in total. The monoisotopic (exact) mass is 253 g/mol. The van der Waals surface area contributed by atoms with Crippen LogP contribution in [0.4, 0.5) is 11.5 Å². The van der Waals surface area contributed by atoms with E-state index in [-0.39, 0.29) is 0 Å². The van der Waals surface area contributed by atoms with E-state index >= 15 is 0 Å². The van der Waals surface area contributed by atoms with E-state index in [1.54, 1.807) is 0 Å². The third-order valence-electron chi connectivity index (χ3n) is 2.32. The van der Waals surface area contributed by atoms with Crippen LogP contribution in [0, 0.1) is 6.92 Å². The van der Waals surface area contributed by atoms with Gasteiger partial charge < -0.3 is 20.7 Å². The van der Waals surface area contributed by atoms with Crippen LogP contribution >= 0.6 is 0 Å². The Labute approximate surface area is 109 Å². The van der Waals surface area contributed by atoms with Crippen molar-refractivity contribution in [1.82, 2.24) is 14.9 Å². The zero-order valence-electron chi connectivity index (χ0n) is 11.7. The van der Waals surface area contributed by atoms with Gasteiger partial charge in [0.1, 0.15) is 11.5 Å². The maximum absolute atomic E-state index is 5.98. The van der Waals surface area contributed by atoms with E-state index in [4.69, 9.17) is 10.5 Å². The summed E-state index contributed by atoms with van der Waals surface area (Å²) in [5.41, 5.74) is 6.46. The maximum atomic E-state index is 5.98. The van der Waals surface area contributed by atoms with Gasteiger partial charge in [-0.2, -0.15) is 4.98 Å². The molecule has 0 saturated carbocycles. The van der Waals surface area contributed by atoms with Gasteiger partial charge in [0.15, 0.2) is 5.82 Å². The van der Waals surface area contributed by atoms with E-state index in [1.165, 1.54) is 0 Å². The van der Waals surface area contributed by atoms with Crippen LogP contribution < -0.4 is 15.8 Å². The summed E-state index contributed by atoms with van der Waals surface area (Å²) in [5.74, 6) is 1.77. The highest BCUT2D eigenvalue weighted by molar-refractivity contribution is 5.66. The van der Waals surface area contributed by atoms with Crippen molar-refractivity contribution in [3.05, 3.63) is 5.82 Å². The molecule has 1 aromatic rings. The fourth-order valence-electron chi connectivity index (χ4n) is 1.40. The molecular weight excluding hydrogens is 230 g/mol. The van der Waals surface area contributed by atoms with E-state index in [0.717, 1.165) is 19.5 Å². The molecule has 0 aliphatic rings. The summed E-state index contributed by atoms with van der Waals surface area (Å²) in [4.78, 5) is 10.6. The zero-order valence-corrected chi connectivity index (χ0v) is 11.7. The summed E-state index contributed by atoms with van der Waals surface area (Å²) in [6.07, 6.45) is 0.923. The third-order valence-corrected chi connectivity index (χ3v) is 2.32. The van der Waals surface area contributed by atoms with Crippen LogP contribution in [-0.4, -0.2) is 48.7 Å². The first kappa shape index (κ1) is 14.5. The predicted molar refractivity (Wildman–Crippen MR) is 74.0 cm³/mol. The number of hydrogen-bond donors (Lipinski definition) is 2. The van der Waals surface area contributed by atoms with Crippen LogP contribution in [0.2, 0.25) is 0 Å². The molecule has 0 amide bonds. The largest absolute Gasteiger partial charge is 0.476 e. The summed E-state index contributed by atoms with van der Waals surface area (Å²) in [6, 6.07) is 0. The molecule has 0 saturated heterocycles. The summed E-state index contributed by atoms with van der Waals surface area (Å²) < 4.78 is 5.51. The van der Waals surface area contributed by atoms with E-state index in [1.807, 2.05) is 27.9 Å². The van der Waals surface area contributed by atoms with E-state index in [0.29, 0.717) is 29.8 Å². The molecule has 1 rings (SSSR count). The Balaban J connectivity index is 2.74. The number of likely N-dealkylation sites (N-methyl/N-ethyl adjacent to an activating group) is 1. The molecule has 0 atom stereocenters. The minimum absolute atomic E-state index is 0.469. The molecule has 0 fully saturated rings. The average molecular weight is 253 g/mol. The Morgan fingerprint density at radius 2 is 2.06 bits per heavy atom. The number of rotatable bonds is 7. The molecule has 6 heteroatoms. The SMILES string of the molecule is CCCOc1nc(C)nc(NCCN(C)C)c1N. The quantitative estimate of drug-likeness (QED) is 0.758. The van der Waals surface area contributed by atoms with Crippen molar-refractivity contribution in [1.29, 1.82) is 0 Å². The molecule has 0 unspecified atom stereocenters. The minimum Gasteiger partial charge on any atom is -0.476 e. The van der Waals surface area contributed by atoms with Gasteiger partial charge in [0.05, 0.1) is 6.61 Å². The smallest absolute Gasteiger partial charge is 0.242 e. The van der Waals surface area contributed by atoms with Crippen molar-refractivity contribution in [3.63, 3.8) is 0 Å². The summed E-state index contributed by atoms with van der Waals surface area (Å²) >= 11 is 0. The Morgan fingerprint density at radius 3 is 2.67 bits per heavy atom. The number of aryl methyl sites for hydroxylation is 1. The van der Waals surface area contributed by atoms with Gasteiger partial charge >= 0.3 is 0 Å². The van der Waals surface area contributed by atoms with Crippen LogP contribution in [0.15, 0.2) is 0 Å². The standard InChI is InChI=1S/C12H23N5O/c1-5-8-18-12-10(13)11(15-9(2)16-12)14-6-7-17(3)4/h5-8,13H2,1-4H3,(H,14,15,16). The van der Waals surface area contributed by atoms with Crippen LogP contribution in [0.5, 0.6) is 5.88 Å². The lowest BCUT2D eigenvalue weighted by Gasteiger charge is -2.14. The number of nitrogens with zero attached hydrogens (tertiary/aromatic N) is 3. The van der Waals surface area contributed by atoms with Crippen LogP contribution in [0.3, 0.4) is 0 Å². The molecule has 0 bridgehead atoms. The lowest BCUT2D eigenvalue weighted by atomic mass is 10.4. The highest BCUT2D eigenvalue weighted by atomic mass is 16.5. The van der Waals surface area contributed by atoms with Crippen molar-refractivity contribution in [3.8, 4) is 5.88 Å². The van der Waals surface area contributed by atoms with Gasteiger partial charge in [0.2, 0.25) is 5.88 Å². The van der Waals surface area contributed by atoms with Gasteiger partial charge in [0.25, 0.3) is 0 Å². The molecule has 0 radical (unpaired) electrons. The predicted octanol–water partition coefficient (Wildman–Crippen LogP) is 1.13. The molecule has 0 aliphatic carbocycles. The first-order chi connectivity index (χ1) is 8.54. The lowest BCUT2D eigenvalue weighted by Crippen LogP contribution is -2.22. The second kappa shape index (κ2) is 7.00. The Bertz CT molecular complexity index is 381. The van der Waals surface area contributed by atoms with Gasteiger partial charge in [-0.15, -0.1) is 0 Å². The number of hydrogen-bond acceptors (Lipinski definition) is 6. The lowest BCUT2D eigenvalue weighted by molar-refractivity contribution is 0.306. The molecule has 1 aromatic heterocycles. The molecule has 0 aliphatic heterocycles. The molecule has 6 nitrogen and oxygen atoms in total. The second-order valence-corrected chi connectivity index (χ2v) is 4.42. The third kappa shape index (κ3) is 4.37. The molecule has 0 aromatic carbocycles. The van der Waals surface area contributed by atoms with Crippen LogP contribution in [0.1, 0.15) is 19.2 Å². The van der Waals surface area contributed by atoms with Gasteiger partial charge in [-0.05, 0) is 27.4 Å². The van der Waals surface area contributed by atoms with Gasteiger partial charge in [0, 0.05) is 13.1 Å². The van der Waals surface area contributed by atoms with Gasteiger partial charge in [-0.1, -0.05) is 6.92 Å².